The molecule has 0 aromatic heterocycles. The molecule has 1 unspecified atom stereocenters. The first kappa shape index (κ1) is 13.9. The maximum atomic E-state index is 9.99. The topological polar surface area (TPSA) is 23.5 Å². The molecule has 0 bridgehead atoms. The van der Waals surface area contributed by atoms with Crippen LogP contribution in [0.5, 0.6) is 5.75 Å². The summed E-state index contributed by atoms with van der Waals surface area (Å²) >= 11 is 0. The number of aromatic hydroxyl groups is 1. The van der Waals surface area contributed by atoms with Gasteiger partial charge >= 0.3 is 0 Å². The molecule has 2 heteroatoms. The minimum atomic E-state index is 0.489. The van der Waals surface area contributed by atoms with E-state index in [-0.39, 0.29) is 0 Å². The molecule has 0 radical (unpaired) electrons. The number of phenols is 1. The van der Waals surface area contributed by atoms with Crippen LogP contribution >= 0.6 is 0 Å². The summed E-state index contributed by atoms with van der Waals surface area (Å²) in [5.41, 5.74) is 3.07. The van der Waals surface area contributed by atoms with Crippen molar-refractivity contribution in [1.82, 2.24) is 4.90 Å². The quantitative estimate of drug-likeness (QED) is 0.869. The lowest BCUT2D eigenvalue weighted by Crippen LogP contribution is -2.38. The number of hydrogen-bond acceptors (Lipinski definition) is 2. The standard InChI is InChI=1S/C18H27NO/c1-18(2)11-9-13(10-12-18)19(3)16-8-7-15-14(16)5-4-6-17(15)20/h4-6,13,16,20H,7-12H2,1-3H3. The molecule has 2 aliphatic rings. The molecule has 0 aliphatic heterocycles. The van der Waals surface area contributed by atoms with Gasteiger partial charge < -0.3 is 5.11 Å². The molecule has 3 rings (SSSR count). The summed E-state index contributed by atoms with van der Waals surface area (Å²) in [6.07, 6.45) is 7.48. The van der Waals surface area contributed by atoms with E-state index >= 15 is 0 Å². The highest BCUT2D eigenvalue weighted by molar-refractivity contribution is 5.44. The predicted octanol–water partition coefficient (Wildman–Crippen LogP) is 4.28. The van der Waals surface area contributed by atoms with Crippen molar-refractivity contribution < 1.29 is 5.11 Å². The van der Waals surface area contributed by atoms with E-state index in [0.717, 1.165) is 12.8 Å². The van der Waals surface area contributed by atoms with Gasteiger partial charge in [0.15, 0.2) is 0 Å². The molecule has 1 N–H and O–H groups in total. The summed E-state index contributed by atoms with van der Waals surface area (Å²) in [5, 5.41) is 9.99. The Morgan fingerprint density at radius 3 is 2.55 bits per heavy atom. The molecule has 1 atom stereocenters. The van der Waals surface area contributed by atoms with Crippen LogP contribution in [0.2, 0.25) is 0 Å². The van der Waals surface area contributed by atoms with Crippen LogP contribution in [0.4, 0.5) is 0 Å². The number of hydrogen-bond donors (Lipinski definition) is 1. The second kappa shape index (κ2) is 5.07. The van der Waals surface area contributed by atoms with Crippen LogP contribution in [0.25, 0.3) is 0 Å². The predicted molar refractivity (Wildman–Crippen MR) is 83.0 cm³/mol. The Morgan fingerprint density at radius 1 is 1.15 bits per heavy atom. The van der Waals surface area contributed by atoms with Gasteiger partial charge in [0.05, 0.1) is 0 Å². The van der Waals surface area contributed by atoms with Gasteiger partial charge in [-0.2, -0.15) is 0 Å². The van der Waals surface area contributed by atoms with Gasteiger partial charge in [-0.15, -0.1) is 0 Å². The molecular weight excluding hydrogens is 246 g/mol. The van der Waals surface area contributed by atoms with Crippen LogP contribution in [0, 0.1) is 5.41 Å². The van der Waals surface area contributed by atoms with Gasteiger partial charge in [0, 0.05) is 12.1 Å². The summed E-state index contributed by atoms with van der Waals surface area (Å²) in [4.78, 5) is 2.58. The molecule has 0 spiro atoms. The van der Waals surface area contributed by atoms with Crippen LogP contribution in [0.1, 0.15) is 63.1 Å². The zero-order chi connectivity index (χ0) is 14.3. The summed E-state index contributed by atoms with van der Waals surface area (Å²) in [6, 6.07) is 7.23. The third kappa shape index (κ3) is 2.46. The van der Waals surface area contributed by atoms with Crippen molar-refractivity contribution in [1.29, 1.82) is 0 Å². The Hall–Kier alpha value is -1.02. The van der Waals surface area contributed by atoms with E-state index in [1.807, 2.05) is 12.1 Å². The van der Waals surface area contributed by atoms with Gasteiger partial charge in [-0.05, 0) is 68.2 Å². The van der Waals surface area contributed by atoms with Crippen molar-refractivity contribution >= 4 is 0 Å². The lowest BCUT2D eigenvalue weighted by molar-refractivity contribution is 0.0943. The van der Waals surface area contributed by atoms with E-state index in [1.165, 1.54) is 36.8 Å². The van der Waals surface area contributed by atoms with E-state index in [0.29, 0.717) is 23.2 Å². The zero-order valence-corrected chi connectivity index (χ0v) is 13.0. The highest BCUT2D eigenvalue weighted by Crippen LogP contribution is 2.43. The second-order valence-corrected chi connectivity index (χ2v) is 7.46. The van der Waals surface area contributed by atoms with Crippen molar-refractivity contribution in [3.8, 4) is 5.75 Å². The summed E-state index contributed by atoms with van der Waals surface area (Å²) in [7, 11) is 2.28. The Morgan fingerprint density at radius 2 is 1.85 bits per heavy atom. The Kier molecular flexibility index (Phi) is 3.53. The third-order valence-corrected chi connectivity index (χ3v) is 5.59. The van der Waals surface area contributed by atoms with Gasteiger partial charge in [0.25, 0.3) is 0 Å². The molecule has 1 aromatic rings. The molecule has 1 saturated carbocycles. The summed E-state index contributed by atoms with van der Waals surface area (Å²) in [6.45, 7) is 4.79. The van der Waals surface area contributed by atoms with Crippen molar-refractivity contribution in [3.05, 3.63) is 29.3 Å². The number of nitrogens with zero attached hydrogens (tertiary/aromatic N) is 1. The van der Waals surface area contributed by atoms with E-state index in [1.54, 1.807) is 0 Å². The molecule has 1 aromatic carbocycles. The fourth-order valence-corrected chi connectivity index (χ4v) is 4.08. The van der Waals surface area contributed by atoms with E-state index in [9.17, 15) is 5.11 Å². The van der Waals surface area contributed by atoms with Gasteiger partial charge in [0.2, 0.25) is 0 Å². The molecular formula is C18H27NO. The molecule has 2 nitrogen and oxygen atoms in total. The molecule has 0 amide bonds. The van der Waals surface area contributed by atoms with Crippen LogP contribution in [-0.2, 0) is 6.42 Å². The fourth-order valence-electron chi connectivity index (χ4n) is 4.08. The summed E-state index contributed by atoms with van der Waals surface area (Å²) < 4.78 is 0. The number of benzene rings is 1. The number of rotatable bonds is 2. The highest BCUT2D eigenvalue weighted by Gasteiger charge is 2.34. The number of fused-ring (bicyclic) bond motifs is 1. The van der Waals surface area contributed by atoms with Gasteiger partial charge in [-0.1, -0.05) is 26.0 Å². The Bertz CT molecular complexity index is 484. The van der Waals surface area contributed by atoms with E-state index in [4.69, 9.17) is 0 Å². The van der Waals surface area contributed by atoms with Crippen molar-refractivity contribution in [3.63, 3.8) is 0 Å². The average molecular weight is 273 g/mol. The third-order valence-electron chi connectivity index (χ3n) is 5.59. The normalized spacial score (nSPS) is 25.9. The average Bonchev–Trinajstić information content (AvgIpc) is 2.83. The molecule has 2 aliphatic carbocycles. The molecule has 110 valence electrons. The van der Waals surface area contributed by atoms with Crippen LogP contribution in [0.15, 0.2) is 18.2 Å². The van der Waals surface area contributed by atoms with Gasteiger partial charge in [0.1, 0.15) is 5.75 Å². The van der Waals surface area contributed by atoms with Crippen molar-refractivity contribution in [2.75, 3.05) is 7.05 Å². The summed E-state index contributed by atoms with van der Waals surface area (Å²) in [5.74, 6) is 0.489. The first-order valence-electron chi connectivity index (χ1n) is 8.01. The smallest absolute Gasteiger partial charge is 0.119 e. The zero-order valence-electron chi connectivity index (χ0n) is 13.0. The first-order valence-corrected chi connectivity index (χ1v) is 8.01. The van der Waals surface area contributed by atoms with Crippen molar-refractivity contribution in [2.24, 2.45) is 5.41 Å². The minimum absolute atomic E-state index is 0.489. The first-order chi connectivity index (χ1) is 9.48. The minimum Gasteiger partial charge on any atom is -0.508 e. The Labute approximate surface area is 122 Å². The van der Waals surface area contributed by atoms with E-state index in [2.05, 4.69) is 31.9 Å². The van der Waals surface area contributed by atoms with Gasteiger partial charge in [-0.3, -0.25) is 4.90 Å². The SMILES string of the molecule is CN(C1CCC(C)(C)CC1)C1CCc2c(O)cccc21. The maximum Gasteiger partial charge on any atom is 0.119 e. The van der Waals surface area contributed by atoms with Gasteiger partial charge in [-0.25, -0.2) is 0 Å². The van der Waals surface area contributed by atoms with Crippen LogP contribution in [-0.4, -0.2) is 23.1 Å². The monoisotopic (exact) mass is 273 g/mol. The fraction of sp³-hybridized carbons (Fsp3) is 0.667. The molecule has 0 saturated heterocycles. The van der Waals surface area contributed by atoms with E-state index < -0.39 is 0 Å². The maximum absolute atomic E-state index is 9.99. The number of phenolic OH excluding ortho intramolecular Hbond substituents is 1. The van der Waals surface area contributed by atoms with Crippen LogP contribution in [0.3, 0.4) is 0 Å². The second-order valence-electron chi connectivity index (χ2n) is 7.46. The molecule has 1 fully saturated rings. The van der Waals surface area contributed by atoms with Crippen LogP contribution < -0.4 is 0 Å². The molecule has 20 heavy (non-hydrogen) atoms. The molecule has 0 heterocycles. The lowest BCUT2D eigenvalue weighted by Gasteiger charge is -2.41. The largest absolute Gasteiger partial charge is 0.508 e. The van der Waals surface area contributed by atoms with Crippen molar-refractivity contribution in [2.45, 2.75) is 64.5 Å². The Balaban J connectivity index is 1.74. The lowest BCUT2D eigenvalue weighted by atomic mass is 9.75. The highest BCUT2D eigenvalue weighted by atomic mass is 16.3.